The average molecular weight is 215 g/mol. The molecule has 1 aromatic heterocycles. The summed E-state index contributed by atoms with van der Waals surface area (Å²) >= 11 is 5.50. The van der Waals surface area contributed by atoms with Crippen LogP contribution >= 0.6 is 11.6 Å². The zero-order valence-electron chi connectivity index (χ0n) is 7.27. The molecule has 0 atom stereocenters. The van der Waals surface area contributed by atoms with Crippen molar-refractivity contribution in [1.82, 2.24) is 4.98 Å². The second kappa shape index (κ2) is 4.57. The molecule has 0 saturated heterocycles. The number of aromatic nitrogens is 1. The van der Waals surface area contributed by atoms with Gasteiger partial charge in [0.25, 0.3) is 0 Å². The predicted octanol–water partition coefficient (Wildman–Crippen LogP) is 1.24. The molecule has 0 saturated carbocycles. The second-order valence-corrected chi connectivity index (χ2v) is 2.67. The van der Waals surface area contributed by atoms with Crippen molar-refractivity contribution in [3.63, 3.8) is 0 Å². The highest BCUT2D eigenvalue weighted by molar-refractivity contribution is 6.69. The van der Waals surface area contributed by atoms with Crippen molar-refractivity contribution < 1.29 is 14.7 Å². The number of hydrogen-bond donors (Lipinski definition) is 1. The number of carbonyl (C=O) groups is 1. The number of rotatable bonds is 2. The molecule has 74 valence electrons. The summed E-state index contributed by atoms with van der Waals surface area (Å²) in [7, 11) is 1.26. The fraction of sp³-hybridized carbons (Fsp3) is 0.125. The number of oxime groups is 1. The summed E-state index contributed by atoms with van der Waals surface area (Å²) in [5.74, 6) is -0.534. The molecule has 0 bridgehead atoms. The number of methoxy groups -OCH3 is 1. The lowest BCUT2D eigenvalue weighted by molar-refractivity contribution is 0.0594. The quantitative estimate of drug-likeness (QED) is 0.348. The number of esters is 1. The van der Waals surface area contributed by atoms with E-state index in [1.165, 1.54) is 25.4 Å². The van der Waals surface area contributed by atoms with Crippen LogP contribution in [0.1, 0.15) is 16.1 Å². The van der Waals surface area contributed by atoms with E-state index in [0.717, 1.165) is 0 Å². The maximum absolute atomic E-state index is 11.0. The van der Waals surface area contributed by atoms with E-state index in [1.54, 1.807) is 0 Å². The van der Waals surface area contributed by atoms with E-state index in [9.17, 15) is 4.79 Å². The standard InChI is InChI=1S/C8H7ClN2O3/c1-14-8(12)6-3-2-5(4-10-6)7(9)11-13/h2-4,13H,1H3. The minimum Gasteiger partial charge on any atom is -0.464 e. The summed E-state index contributed by atoms with van der Waals surface area (Å²) in [5, 5.41) is 11.0. The molecule has 0 fully saturated rings. The summed E-state index contributed by atoms with van der Waals surface area (Å²) in [6, 6.07) is 2.93. The molecule has 5 nitrogen and oxygen atoms in total. The molecule has 1 N–H and O–H groups in total. The van der Waals surface area contributed by atoms with Crippen LogP contribution in [-0.4, -0.2) is 28.4 Å². The van der Waals surface area contributed by atoms with E-state index >= 15 is 0 Å². The van der Waals surface area contributed by atoms with E-state index in [4.69, 9.17) is 16.8 Å². The fourth-order valence-electron chi connectivity index (χ4n) is 0.799. The summed E-state index contributed by atoms with van der Waals surface area (Å²) in [6.07, 6.45) is 1.31. The van der Waals surface area contributed by atoms with Gasteiger partial charge in [-0.15, -0.1) is 0 Å². The Morgan fingerprint density at radius 2 is 2.36 bits per heavy atom. The van der Waals surface area contributed by atoms with Gasteiger partial charge >= 0.3 is 5.97 Å². The number of nitrogens with zero attached hydrogens (tertiary/aromatic N) is 2. The Morgan fingerprint density at radius 3 is 2.79 bits per heavy atom. The Kier molecular flexibility index (Phi) is 3.41. The van der Waals surface area contributed by atoms with Crippen LogP contribution in [0.2, 0.25) is 0 Å². The minimum atomic E-state index is -0.534. The molecule has 1 heterocycles. The van der Waals surface area contributed by atoms with Gasteiger partial charge in [-0.1, -0.05) is 16.8 Å². The van der Waals surface area contributed by atoms with E-state index in [0.29, 0.717) is 5.56 Å². The van der Waals surface area contributed by atoms with Crippen molar-refractivity contribution in [3.8, 4) is 0 Å². The van der Waals surface area contributed by atoms with E-state index in [1.807, 2.05) is 0 Å². The van der Waals surface area contributed by atoms with Gasteiger partial charge in [-0.05, 0) is 12.1 Å². The van der Waals surface area contributed by atoms with E-state index in [2.05, 4.69) is 14.9 Å². The number of ether oxygens (including phenoxy) is 1. The molecule has 0 radical (unpaired) electrons. The zero-order valence-corrected chi connectivity index (χ0v) is 8.02. The lowest BCUT2D eigenvalue weighted by Gasteiger charge is -1.99. The largest absolute Gasteiger partial charge is 0.464 e. The molecule has 0 amide bonds. The average Bonchev–Trinajstić information content (AvgIpc) is 2.27. The van der Waals surface area contributed by atoms with Crippen molar-refractivity contribution in [1.29, 1.82) is 0 Å². The predicted molar refractivity (Wildman–Crippen MR) is 49.8 cm³/mol. The minimum absolute atomic E-state index is 0.0890. The van der Waals surface area contributed by atoms with Gasteiger partial charge in [0.1, 0.15) is 5.69 Å². The molecule has 1 rings (SSSR count). The van der Waals surface area contributed by atoms with Crippen molar-refractivity contribution in [2.45, 2.75) is 0 Å². The Bertz CT molecular complexity index is 361. The fourth-order valence-corrected chi connectivity index (χ4v) is 0.911. The number of hydrogen-bond acceptors (Lipinski definition) is 5. The molecule has 1 aromatic rings. The first-order chi connectivity index (χ1) is 6.69. The Morgan fingerprint density at radius 1 is 1.64 bits per heavy atom. The lowest BCUT2D eigenvalue weighted by atomic mass is 10.2. The third-order valence-electron chi connectivity index (χ3n) is 1.48. The van der Waals surface area contributed by atoms with E-state index < -0.39 is 5.97 Å². The van der Waals surface area contributed by atoms with Gasteiger partial charge in [0.15, 0.2) is 5.17 Å². The van der Waals surface area contributed by atoms with Gasteiger partial charge in [-0.3, -0.25) is 0 Å². The Hall–Kier alpha value is -1.62. The summed E-state index contributed by atoms with van der Waals surface area (Å²) < 4.78 is 4.45. The molecule has 0 spiro atoms. The van der Waals surface area contributed by atoms with Crippen molar-refractivity contribution in [3.05, 3.63) is 29.6 Å². The third-order valence-corrected chi connectivity index (χ3v) is 1.78. The summed E-state index contributed by atoms with van der Waals surface area (Å²) in [6.45, 7) is 0. The van der Waals surface area contributed by atoms with Gasteiger partial charge in [0, 0.05) is 11.8 Å². The first-order valence-electron chi connectivity index (χ1n) is 3.61. The van der Waals surface area contributed by atoms with Crippen LogP contribution in [0, 0.1) is 0 Å². The molecule has 14 heavy (non-hydrogen) atoms. The van der Waals surface area contributed by atoms with Crippen LogP contribution in [0.3, 0.4) is 0 Å². The van der Waals surface area contributed by atoms with Crippen molar-refractivity contribution in [2.24, 2.45) is 5.16 Å². The Balaban J connectivity index is 2.95. The van der Waals surface area contributed by atoms with Gasteiger partial charge in [-0.2, -0.15) is 0 Å². The monoisotopic (exact) mass is 214 g/mol. The smallest absolute Gasteiger partial charge is 0.356 e. The SMILES string of the molecule is COC(=O)c1ccc(C(Cl)=NO)cn1. The summed E-state index contributed by atoms with van der Waals surface area (Å²) in [4.78, 5) is 14.7. The van der Waals surface area contributed by atoms with Crippen LogP contribution in [-0.2, 0) is 4.74 Å². The maximum atomic E-state index is 11.0. The topological polar surface area (TPSA) is 71.8 Å². The second-order valence-electron chi connectivity index (χ2n) is 2.31. The van der Waals surface area contributed by atoms with Crippen LogP contribution in [0.4, 0.5) is 0 Å². The van der Waals surface area contributed by atoms with Gasteiger partial charge in [-0.25, -0.2) is 9.78 Å². The zero-order chi connectivity index (χ0) is 10.6. The van der Waals surface area contributed by atoms with Crippen LogP contribution in [0.25, 0.3) is 0 Å². The molecule has 0 aliphatic heterocycles. The highest BCUT2D eigenvalue weighted by Gasteiger charge is 2.07. The molecular formula is C8H7ClN2O3. The van der Waals surface area contributed by atoms with Crippen LogP contribution in [0.5, 0.6) is 0 Å². The van der Waals surface area contributed by atoms with Gasteiger partial charge in [0.2, 0.25) is 0 Å². The number of carbonyl (C=O) groups excluding carboxylic acids is 1. The molecule has 6 heteroatoms. The first-order valence-corrected chi connectivity index (χ1v) is 3.99. The van der Waals surface area contributed by atoms with Crippen LogP contribution < -0.4 is 0 Å². The molecule has 0 aromatic carbocycles. The van der Waals surface area contributed by atoms with E-state index in [-0.39, 0.29) is 10.9 Å². The lowest BCUT2D eigenvalue weighted by Crippen LogP contribution is -2.04. The van der Waals surface area contributed by atoms with Crippen LogP contribution in [0.15, 0.2) is 23.5 Å². The number of halogens is 1. The van der Waals surface area contributed by atoms with Crippen molar-refractivity contribution >= 4 is 22.7 Å². The normalized spacial score (nSPS) is 11.1. The number of pyridine rings is 1. The van der Waals surface area contributed by atoms with Gasteiger partial charge in [0.05, 0.1) is 7.11 Å². The third kappa shape index (κ3) is 2.20. The van der Waals surface area contributed by atoms with Crippen molar-refractivity contribution in [2.75, 3.05) is 7.11 Å². The highest BCUT2D eigenvalue weighted by atomic mass is 35.5. The highest BCUT2D eigenvalue weighted by Crippen LogP contribution is 2.05. The first kappa shape index (κ1) is 10.5. The maximum Gasteiger partial charge on any atom is 0.356 e. The molecule has 0 unspecified atom stereocenters. The molecular weight excluding hydrogens is 208 g/mol. The summed E-state index contributed by atoms with van der Waals surface area (Å²) in [5.41, 5.74) is 0.584. The van der Waals surface area contributed by atoms with Gasteiger partial charge < -0.3 is 9.94 Å². The Labute approximate surface area is 85.0 Å². The molecule has 0 aliphatic rings. The molecule has 0 aliphatic carbocycles.